The molecule has 0 saturated carbocycles. The summed E-state index contributed by atoms with van der Waals surface area (Å²) < 4.78 is 0. The summed E-state index contributed by atoms with van der Waals surface area (Å²) in [6.45, 7) is 2.72. The quantitative estimate of drug-likeness (QED) is 0.763. The fourth-order valence-corrected chi connectivity index (χ4v) is 2.46. The minimum atomic E-state index is 0.697. The molecule has 2 aromatic heterocycles. The Balaban J connectivity index is 1.69. The van der Waals surface area contributed by atoms with Gasteiger partial charge in [0.2, 0.25) is 0 Å². The molecule has 4 nitrogen and oxygen atoms in total. The lowest BCUT2D eigenvalue weighted by molar-refractivity contribution is 1.00. The van der Waals surface area contributed by atoms with E-state index in [1.54, 1.807) is 17.5 Å². The van der Waals surface area contributed by atoms with Crippen molar-refractivity contribution in [1.82, 2.24) is 15.0 Å². The van der Waals surface area contributed by atoms with Gasteiger partial charge < -0.3 is 10.3 Å². The van der Waals surface area contributed by atoms with E-state index in [9.17, 15) is 0 Å². The van der Waals surface area contributed by atoms with E-state index in [0.29, 0.717) is 6.54 Å². The summed E-state index contributed by atoms with van der Waals surface area (Å²) in [6, 6.07) is 8.29. The van der Waals surface area contributed by atoms with E-state index in [4.69, 9.17) is 0 Å². The standard InChI is InChI=1S/C14H14N4S/c1-10-18-13(9-19-10)11-2-4-12(5-3-11)17-8-14-15-6-7-16-14/h2-7,9,17H,8H2,1H3,(H,15,16). The minimum absolute atomic E-state index is 0.697. The maximum Gasteiger partial charge on any atom is 0.125 e. The van der Waals surface area contributed by atoms with Crippen LogP contribution in [-0.4, -0.2) is 15.0 Å². The molecule has 3 rings (SSSR count). The van der Waals surface area contributed by atoms with Gasteiger partial charge in [-0.3, -0.25) is 0 Å². The van der Waals surface area contributed by atoms with Gasteiger partial charge in [0.05, 0.1) is 17.2 Å². The maximum absolute atomic E-state index is 4.48. The summed E-state index contributed by atoms with van der Waals surface area (Å²) in [5, 5.41) is 6.50. The Bertz CT molecular complexity index is 640. The topological polar surface area (TPSA) is 53.6 Å². The Morgan fingerprint density at radius 2 is 2.11 bits per heavy atom. The van der Waals surface area contributed by atoms with Gasteiger partial charge >= 0.3 is 0 Å². The van der Waals surface area contributed by atoms with Gasteiger partial charge in [0.25, 0.3) is 0 Å². The van der Waals surface area contributed by atoms with Gasteiger partial charge in [0.15, 0.2) is 0 Å². The van der Waals surface area contributed by atoms with Crippen LogP contribution in [0, 0.1) is 6.92 Å². The molecule has 0 bridgehead atoms. The molecule has 0 unspecified atom stereocenters. The van der Waals surface area contributed by atoms with Crippen molar-refractivity contribution in [3.8, 4) is 11.3 Å². The molecule has 0 spiro atoms. The van der Waals surface area contributed by atoms with E-state index < -0.39 is 0 Å². The van der Waals surface area contributed by atoms with Crippen LogP contribution in [0.15, 0.2) is 42.0 Å². The molecule has 1 aromatic carbocycles. The van der Waals surface area contributed by atoms with E-state index in [-0.39, 0.29) is 0 Å². The molecule has 0 fully saturated rings. The van der Waals surface area contributed by atoms with Gasteiger partial charge in [-0.05, 0) is 19.1 Å². The summed E-state index contributed by atoms with van der Waals surface area (Å²) in [7, 11) is 0. The molecule has 0 radical (unpaired) electrons. The number of aromatic amines is 1. The van der Waals surface area contributed by atoms with Crippen LogP contribution in [0.3, 0.4) is 0 Å². The third kappa shape index (κ3) is 2.82. The summed E-state index contributed by atoms with van der Waals surface area (Å²) in [5.74, 6) is 0.930. The lowest BCUT2D eigenvalue weighted by Gasteiger charge is -2.05. The smallest absolute Gasteiger partial charge is 0.125 e. The molecule has 3 aromatic rings. The molecule has 0 amide bonds. The summed E-state index contributed by atoms with van der Waals surface area (Å²) in [5.41, 5.74) is 3.26. The number of nitrogens with one attached hydrogen (secondary N) is 2. The SMILES string of the molecule is Cc1nc(-c2ccc(NCc3ncc[nH]3)cc2)cs1. The van der Waals surface area contributed by atoms with Gasteiger partial charge in [-0.25, -0.2) is 9.97 Å². The Morgan fingerprint density at radius 1 is 1.26 bits per heavy atom. The molecule has 19 heavy (non-hydrogen) atoms. The molecule has 2 heterocycles. The summed E-state index contributed by atoms with van der Waals surface area (Å²) in [6.07, 6.45) is 3.58. The zero-order valence-corrected chi connectivity index (χ0v) is 11.4. The number of thiazole rings is 1. The van der Waals surface area contributed by atoms with Crippen LogP contribution >= 0.6 is 11.3 Å². The lowest BCUT2D eigenvalue weighted by atomic mass is 10.1. The highest BCUT2D eigenvalue weighted by molar-refractivity contribution is 7.09. The fraction of sp³-hybridized carbons (Fsp3) is 0.143. The van der Waals surface area contributed by atoms with Gasteiger partial charge in [0.1, 0.15) is 5.82 Å². The van der Waals surface area contributed by atoms with Gasteiger partial charge in [-0.1, -0.05) is 12.1 Å². The van der Waals surface area contributed by atoms with E-state index in [1.165, 1.54) is 0 Å². The van der Waals surface area contributed by atoms with E-state index in [0.717, 1.165) is 27.8 Å². The minimum Gasteiger partial charge on any atom is -0.378 e. The molecule has 5 heteroatoms. The van der Waals surface area contributed by atoms with Crippen LogP contribution in [-0.2, 0) is 6.54 Å². The average molecular weight is 270 g/mol. The molecule has 2 N–H and O–H groups in total. The number of hydrogen-bond donors (Lipinski definition) is 2. The highest BCUT2D eigenvalue weighted by atomic mass is 32.1. The molecule has 0 atom stereocenters. The second-order valence-electron chi connectivity index (χ2n) is 4.22. The van der Waals surface area contributed by atoms with Crippen molar-refractivity contribution in [2.45, 2.75) is 13.5 Å². The molecule has 0 aliphatic rings. The number of aromatic nitrogens is 3. The lowest BCUT2D eigenvalue weighted by Crippen LogP contribution is -2.00. The van der Waals surface area contributed by atoms with Crippen LogP contribution in [0.2, 0.25) is 0 Å². The van der Waals surface area contributed by atoms with Crippen molar-refractivity contribution in [2.24, 2.45) is 0 Å². The monoisotopic (exact) mass is 270 g/mol. The number of hydrogen-bond acceptors (Lipinski definition) is 4. The third-order valence-electron chi connectivity index (χ3n) is 2.81. The first kappa shape index (κ1) is 11.9. The average Bonchev–Trinajstić information content (AvgIpc) is 3.08. The number of benzene rings is 1. The third-order valence-corrected chi connectivity index (χ3v) is 3.59. The van der Waals surface area contributed by atoms with Crippen LogP contribution in [0.5, 0.6) is 0 Å². The van der Waals surface area contributed by atoms with Crippen molar-refractivity contribution in [1.29, 1.82) is 0 Å². The van der Waals surface area contributed by atoms with Crippen LogP contribution in [0.4, 0.5) is 5.69 Å². The zero-order valence-electron chi connectivity index (χ0n) is 10.6. The first-order valence-corrected chi connectivity index (χ1v) is 6.94. The van der Waals surface area contributed by atoms with Crippen molar-refractivity contribution in [3.63, 3.8) is 0 Å². The molecular weight excluding hydrogens is 256 g/mol. The van der Waals surface area contributed by atoms with Crippen LogP contribution in [0.25, 0.3) is 11.3 Å². The highest BCUT2D eigenvalue weighted by Crippen LogP contribution is 2.23. The van der Waals surface area contributed by atoms with Crippen LogP contribution < -0.4 is 5.32 Å². The van der Waals surface area contributed by atoms with E-state index >= 15 is 0 Å². The zero-order chi connectivity index (χ0) is 13.1. The van der Waals surface area contributed by atoms with Crippen molar-refractivity contribution in [3.05, 3.63) is 52.9 Å². The molecule has 96 valence electrons. The predicted octanol–water partition coefficient (Wildman–Crippen LogP) is 3.45. The largest absolute Gasteiger partial charge is 0.378 e. The predicted molar refractivity (Wildman–Crippen MR) is 78.2 cm³/mol. The number of rotatable bonds is 4. The Kier molecular flexibility index (Phi) is 3.29. The Morgan fingerprint density at radius 3 is 2.74 bits per heavy atom. The molecule has 0 aliphatic carbocycles. The Hall–Kier alpha value is -2.14. The van der Waals surface area contributed by atoms with E-state index in [2.05, 4.69) is 49.9 Å². The van der Waals surface area contributed by atoms with Gasteiger partial charge in [-0.15, -0.1) is 11.3 Å². The number of H-pyrrole nitrogens is 1. The summed E-state index contributed by atoms with van der Waals surface area (Å²) in [4.78, 5) is 11.7. The van der Waals surface area contributed by atoms with Gasteiger partial charge in [0, 0.05) is 29.0 Å². The molecule has 0 saturated heterocycles. The number of anilines is 1. The number of nitrogens with zero attached hydrogens (tertiary/aromatic N) is 2. The van der Waals surface area contributed by atoms with Crippen molar-refractivity contribution < 1.29 is 0 Å². The van der Waals surface area contributed by atoms with E-state index in [1.807, 2.05) is 13.1 Å². The van der Waals surface area contributed by atoms with Gasteiger partial charge in [-0.2, -0.15) is 0 Å². The van der Waals surface area contributed by atoms with Crippen LogP contribution in [0.1, 0.15) is 10.8 Å². The maximum atomic E-state index is 4.48. The summed E-state index contributed by atoms with van der Waals surface area (Å²) >= 11 is 1.67. The molecule has 0 aliphatic heterocycles. The second kappa shape index (κ2) is 5.24. The second-order valence-corrected chi connectivity index (χ2v) is 5.28. The number of imidazole rings is 1. The Labute approximate surface area is 115 Å². The molecular formula is C14H14N4S. The highest BCUT2D eigenvalue weighted by Gasteiger charge is 2.02. The fourth-order valence-electron chi connectivity index (χ4n) is 1.84. The first-order valence-electron chi connectivity index (χ1n) is 6.06. The first-order chi connectivity index (χ1) is 9.31. The van der Waals surface area contributed by atoms with Crippen molar-refractivity contribution >= 4 is 17.0 Å². The normalized spacial score (nSPS) is 10.6. The van der Waals surface area contributed by atoms with Crippen molar-refractivity contribution in [2.75, 3.05) is 5.32 Å². The number of aryl methyl sites for hydroxylation is 1.